The fraction of sp³-hybridized carbons (Fsp3) is 0.333. The van der Waals surface area contributed by atoms with Crippen LogP contribution in [0, 0.1) is 17.5 Å². The van der Waals surface area contributed by atoms with Gasteiger partial charge in [-0.1, -0.05) is 19.9 Å². The summed E-state index contributed by atoms with van der Waals surface area (Å²) in [6, 6.07) is 1.11. The summed E-state index contributed by atoms with van der Waals surface area (Å²) >= 11 is 0. The van der Waals surface area contributed by atoms with E-state index >= 15 is 0 Å². The van der Waals surface area contributed by atoms with Gasteiger partial charge in [0.05, 0.1) is 5.56 Å². The molecule has 1 aliphatic rings. The molecule has 3 rings (SSSR count). The van der Waals surface area contributed by atoms with Crippen molar-refractivity contribution in [2.24, 2.45) is 0 Å². The van der Waals surface area contributed by atoms with Crippen molar-refractivity contribution in [1.82, 2.24) is 14.8 Å². The fourth-order valence-electron chi connectivity index (χ4n) is 3.34. The molecular weight excluding hydrogens is 399 g/mol. The summed E-state index contributed by atoms with van der Waals surface area (Å²) < 4.78 is 42.1. The van der Waals surface area contributed by atoms with Crippen molar-refractivity contribution in [2.45, 2.75) is 32.9 Å². The monoisotopic (exact) mass is 421 g/mol. The van der Waals surface area contributed by atoms with Gasteiger partial charge in [-0.3, -0.25) is 9.59 Å². The van der Waals surface area contributed by atoms with Gasteiger partial charge in [0, 0.05) is 55.8 Å². The fourth-order valence-corrected chi connectivity index (χ4v) is 3.34. The predicted molar refractivity (Wildman–Crippen MR) is 105 cm³/mol. The lowest BCUT2D eigenvalue weighted by Gasteiger charge is -2.30. The normalized spacial score (nSPS) is 13.3. The van der Waals surface area contributed by atoms with E-state index in [0.29, 0.717) is 31.8 Å². The Bertz CT molecular complexity index is 1040. The number of rotatable bonds is 7. The first-order valence-electron chi connectivity index (χ1n) is 9.56. The number of hydrogen-bond donors (Lipinski definition) is 2. The smallest absolute Gasteiger partial charge is 0.274 e. The molecule has 1 aromatic carbocycles. The van der Waals surface area contributed by atoms with Crippen LogP contribution in [0.1, 0.15) is 41.4 Å². The van der Waals surface area contributed by atoms with Gasteiger partial charge in [0.1, 0.15) is 17.5 Å². The van der Waals surface area contributed by atoms with E-state index in [2.05, 4.69) is 11.9 Å². The average Bonchev–Trinajstić information content (AvgIpc) is 2.68. The maximum absolute atomic E-state index is 13.8. The van der Waals surface area contributed by atoms with Gasteiger partial charge in [0.2, 0.25) is 5.43 Å². The number of aromatic nitrogens is 1. The minimum absolute atomic E-state index is 0.00888. The van der Waals surface area contributed by atoms with Gasteiger partial charge >= 0.3 is 0 Å². The molecule has 1 amide bonds. The van der Waals surface area contributed by atoms with Crippen LogP contribution in [0.25, 0.3) is 5.70 Å². The average molecular weight is 421 g/mol. The topological polar surface area (TPSA) is 74.6 Å². The van der Waals surface area contributed by atoms with E-state index in [0.717, 1.165) is 12.8 Å². The van der Waals surface area contributed by atoms with Crippen LogP contribution >= 0.6 is 0 Å². The van der Waals surface area contributed by atoms with E-state index < -0.39 is 40.1 Å². The Morgan fingerprint density at radius 2 is 1.87 bits per heavy atom. The number of benzene rings is 1. The summed E-state index contributed by atoms with van der Waals surface area (Å²) in [7, 11) is 0. The van der Waals surface area contributed by atoms with Crippen LogP contribution < -0.4 is 10.7 Å². The van der Waals surface area contributed by atoms with Crippen molar-refractivity contribution < 1.29 is 23.1 Å². The summed E-state index contributed by atoms with van der Waals surface area (Å²) in [5.41, 5.74) is -1.34. The third-order valence-electron chi connectivity index (χ3n) is 5.05. The first-order valence-corrected chi connectivity index (χ1v) is 9.56. The summed E-state index contributed by atoms with van der Waals surface area (Å²) in [4.78, 5) is 26.8. The third-order valence-corrected chi connectivity index (χ3v) is 5.05. The summed E-state index contributed by atoms with van der Waals surface area (Å²) in [5, 5.41) is 13.0. The number of pyridine rings is 1. The highest BCUT2D eigenvalue weighted by Crippen LogP contribution is 2.23. The van der Waals surface area contributed by atoms with Gasteiger partial charge in [-0.25, -0.2) is 13.2 Å². The molecule has 0 saturated carbocycles. The molecule has 0 atom stereocenters. The maximum Gasteiger partial charge on any atom is 0.274 e. The summed E-state index contributed by atoms with van der Waals surface area (Å²) in [6.45, 7) is 6.65. The quantitative estimate of drug-likeness (QED) is 0.721. The maximum atomic E-state index is 13.8. The van der Waals surface area contributed by atoms with Crippen LogP contribution in [0.4, 0.5) is 13.2 Å². The summed E-state index contributed by atoms with van der Waals surface area (Å²) in [6.07, 6.45) is 3.10. The number of nitrogens with zero attached hydrogens (tertiary/aromatic N) is 2. The van der Waals surface area contributed by atoms with Crippen molar-refractivity contribution in [3.8, 4) is 5.75 Å². The second-order valence-electron chi connectivity index (χ2n) is 7.09. The van der Waals surface area contributed by atoms with Crippen LogP contribution in [0.3, 0.4) is 0 Å². The van der Waals surface area contributed by atoms with E-state index in [1.54, 1.807) is 4.90 Å². The molecule has 0 spiro atoms. The van der Waals surface area contributed by atoms with E-state index in [4.69, 9.17) is 0 Å². The third kappa shape index (κ3) is 4.05. The van der Waals surface area contributed by atoms with E-state index in [1.165, 1.54) is 10.8 Å². The van der Waals surface area contributed by atoms with Crippen molar-refractivity contribution in [2.75, 3.05) is 13.1 Å². The first-order chi connectivity index (χ1) is 14.2. The number of hydrogen-bond acceptors (Lipinski definition) is 4. The SMILES string of the molecule is C=C(NCc1c(F)cc(F)cc1F)c1cn2c(c(O)c1=O)C(=O)N(CCCC)CC2. The van der Waals surface area contributed by atoms with Crippen LogP contribution in [0.2, 0.25) is 0 Å². The van der Waals surface area contributed by atoms with Gasteiger partial charge in [-0.15, -0.1) is 0 Å². The first kappa shape index (κ1) is 21.5. The number of nitrogens with one attached hydrogen (secondary N) is 1. The van der Waals surface area contributed by atoms with Crippen LogP contribution in [0.5, 0.6) is 5.75 Å². The number of amides is 1. The number of fused-ring (bicyclic) bond motifs is 1. The van der Waals surface area contributed by atoms with E-state index in [-0.39, 0.29) is 23.5 Å². The molecule has 0 aliphatic carbocycles. The Morgan fingerprint density at radius 1 is 1.20 bits per heavy atom. The van der Waals surface area contributed by atoms with Gasteiger partial charge in [0.25, 0.3) is 5.91 Å². The molecule has 0 bridgehead atoms. The Kier molecular flexibility index (Phi) is 6.19. The molecule has 2 heterocycles. The number of aromatic hydroxyl groups is 1. The highest BCUT2D eigenvalue weighted by Gasteiger charge is 2.29. The predicted octanol–water partition coefficient (Wildman–Crippen LogP) is 2.99. The highest BCUT2D eigenvalue weighted by atomic mass is 19.1. The number of unbranched alkanes of at least 4 members (excludes halogenated alkanes) is 1. The van der Waals surface area contributed by atoms with Gasteiger partial charge in [0.15, 0.2) is 11.4 Å². The molecule has 1 aromatic heterocycles. The van der Waals surface area contributed by atoms with E-state index in [1.807, 2.05) is 6.92 Å². The minimum Gasteiger partial charge on any atom is -0.503 e. The lowest BCUT2D eigenvalue weighted by Crippen LogP contribution is -2.42. The molecule has 9 heteroatoms. The molecule has 1 aliphatic heterocycles. The number of carbonyl (C=O) groups excluding carboxylic acids is 1. The largest absolute Gasteiger partial charge is 0.503 e. The Morgan fingerprint density at radius 3 is 2.50 bits per heavy atom. The van der Waals surface area contributed by atoms with Gasteiger partial charge < -0.3 is 19.9 Å². The molecule has 160 valence electrons. The van der Waals surface area contributed by atoms with E-state index in [9.17, 15) is 27.9 Å². The van der Waals surface area contributed by atoms with Crippen molar-refractivity contribution >= 4 is 11.6 Å². The minimum atomic E-state index is -1.07. The second kappa shape index (κ2) is 8.64. The van der Waals surface area contributed by atoms with Crippen molar-refractivity contribution in [3.63, 3.8) is 0 Å². The van der Waals surface area contributed by atoms with Crippen LogP contribution in [-0.2, 0) is 13.1 Å². The van der Waals surface area contributed by atoms with Crippen molar-refractivity contribution in [1.29, 1.82) is 0 Å². The molecule has 0 unspecified atom stereocenters. The standard InChI is InChI=1S/C21H22F3N3O3/c1-3-4-5-26-6-7-27-11-15(19(28)20(29)18(27)21(26)30)12(2)25-10-14-16(23)8-13(22)9-17(14)24/h8-9,11,25,29H,2-7,10H2,1H3. The van der Waals surface area contributed by atoms with Gasteiger partial charge in [-0.2, -0.15) is 0 Å². The molecule has 0 saturated heterocycles. The molecule has 6 nitrogen and oxygen atoms in total. The second-order valence-corrected chi connectivity index (χ2v) is 7.09. The van der Waals surface area contributed by atoms with Crippen LogP contribution in [-0.4, -0.2) is 33.6 Å². The molecule has 2 aromatic rings. The zero-order valence-electron chi connectivity index (χ0n) is 16.5. The molecule has 30 heavy (non-hydrogen) atoms. The lowest BCUT2D eigenvalue weighted by atomic mass is 10.1. The Labute approximate surface area is 171 Å². The molecule has 2 N–H and O–H groups in total. The molecule has 0 fully saturated rings. The van der Waals surface area contributed by atoms with Gasteiger partial charge in [-0.05, 0) is 6.42 Å². The Balaban J connectivity index is 1.85. The van der Waals surface area contributed by atoms with Crippen LogP contribution in [0.15, 0.2) is 29.7 Å². The zero-order chi connectivity index (χ0) is 22.0. The Hall–Kier alpha value is -3.23. The highest BCUT2D eigenvalue weighted by molar-refractivity contribution is 5.96. The number of carbonyl (C=O) groups is 1. The molecular formula is C21H22F3N3O3. The zero-order valence-corrected chi connectivity index (χ0v) is 16.5. The summed E-state index contributed by atoms with van der Waals surface area (Å²) in [5.74, 6) is -4.31. The number of halogens is 3. The van der Waals surface area contributed by atoms with Crippen molar-refractivity contribution in [3.05, 3.63) is 69.4 Å². The molecule has 0 radical (unpaired) electrons. The lowest BCUT2D eigenvalue weighted by molar-refractivity contribution is 0.0694.